The smallest absolute Gasteiger partial charge is 0.333 e. The number of hydrogen-bond donors (Lipinski definition) is 0. The topological polar surface area (TPSA) is 26.3 Å². The van der Waals surface area contributed by atoms with Gasteiger partial charge in [-0.2, -0.15) is 0 Å². The number of rotatable bonds is 6. The summed E-state index contributed by atoms with van der Waals surface area (Å²) in [5.41, 5.74) is 5.56. The first-order valence-corrected chi connectivity index (χ1v) is 10.6. The predicted octanol–water partition coefficient (Wildman–Crippen LogP) is 5.96. The van der Waals surface area contributed by atoms with Crippen LogP contribution in [0, 0.1) is 0 Å². The zero-order chi connectivity index (χ0) is 17.6. The molecule has 0 fully saturated rings. The summed E-state index contributed by atoms with van der Waals surface area (Å²) >= 11 is 0. The molecule has 0 radical (unpaired) electrons. The van der Waals surface area contributed by atoms with E-state index in [0.717, 1.165) is 5.56 Å². The first kappa shape index (κ1) is 19.5. The maximum atomic E-state index is 13.0. The third-order valence-electron chi connectivity index (χ3n) is 4.53. The molecule has 0 spiro atoms. The summed E-state index contributed by atoms with van der Waals surface area (Å²) < 4.78 is 6.27. The molecule has 2 nitrogen and oxygen atoms in total. The van der Waals surface area contributed by atoms with Gasteiger partial charge in [0.1, 0.15) is 5.57 Å². The zero-order valence-electron chi connectivity index (χ0n) is 15.5. The lowest BCUT2D eigenvalue weighted by Gasteiger charge is -2.41. The fourth-order valence-corrected chi connectivity index (χ4v) is 8.70. The van der Waals surface area contributed by atoms with Gasteiger partial charge in [-0.3, -0.25) is 0 Å². The van der Waals surface area contributed by atoms with Gasteiger partial charge in [-0.25, -0.2) is 4.79 Å². The highest BCUT2D eigenvalue weighted by atomic mass is 28.4. The van der Waals surface area contributed by atoms with Crippen molar-refractivity contribution in [2.45, 2.75) is 65.1 Å². The van der Waals surface area contributed by atoms with E-state index in [1.165, 1.54) is 0 Å². The molecule has 1 rings (SSSR count). The van der Waals surface area contributed by atoms with Crippen LogP contribution in [-0.2, 0) is 9.22 Å². The number of carbonyl (C=O) groups is 1. The first-order chi connectivity index (χ1) is 10.8. The van der Waals surface area contributed by atoms with Gasteiger partial charge >= 0.3 is 5.97 Å². The molecule has 0 aliphatic rings. The molecule has 0 unspecified atom stereocenters. The van der Waals surface area contributed by atoms with E-state index in [9.17, 15) is 4.79 Å². The van der Waals surface area contributed by atoms with E-state index in [1.807, 2.05) is 37.3 Å². The highest BCUT2D eigenvalue weighted by molar-refractivity contribution is 6.79. The lowest BCUT2D eigenvalue weighted by molar-refractivity contribution is -0.129. The molecule has 1 aromatic carbocycles. The summed E-state index contributed by atoms with van der Waals surface area (Å²) in [5.74, 6) is -0.239. The molecule has 23 heavy (non-hydrogen) atoms. The van der Waals surface area contributed by atoms with Crippen molar-refractivity contribution >= 4 is 19.9 Å². The lowest BCUT2D eigenvalue weighted by Crippen LogP contribution is -2.49. The molecule has 0 heterocycles. The fourth-order valence-electron chi connectivity index (χ4n) is 3.57. The van der Waals surface area contributed by atoms with E-state index in [0.29, 0.717) is 22.2 Å². The van der Waals surface area contributed by atoms with Crippen LogP contribution in [0.1, 0.15) is 54.0 Å². The molecule has 1 aromatic rings. The van der Waals surface area contributed by atoms with Crippen molar-refractivity contribution in [1.82, 2.24) is 0 Å². The molecule has 0 N–H and O–H groups in total. The van der Waals surface area contributed by atoms with Gasteiger partial charge in [0.15, 0.2) is 0 Å². The third-order valence-corrected chi connectivity index (χ3v) is 10.5. The van der Waals surface area contributed by atoms with Gasteiger partial charge in [0.05, 0.1) is 0 Å². The molecule has 0 saturated heterocycles. The largest absolute Gasteiger partial charge is 0.514 e. The average Bonchev–Trinajstić information content (AvgIpc) is 2.49. The van der Waals surface area contributed by atoms with Crippen LogP contribution in [-0.4, -0.2) is 14.3 Å². The highest BCUT2D eigenvalue weighted by Crippen LogP contribution is 2.43. The van der Waals surface area contributed by atoms with Gasteiger partial charge in [-0.15, -0.1) is 5.73 Å². The summed E-state index contributed by atoms with van der Waals surface area (Å²) in [6, 6.07) is 9.65. The fraction of sp³-hybridized carbons (Fsp3) is 0.500. The van der Waals surface area contributed by atoms with Crippen LogP contribution in [0.15, 0.2) is 42.1 Å². The summed E-state index contributed by atoms with van der Waals surface area (Å²) in [5, 5.41) is 0. The number of carbonyl (C=O) groups excluding carboxylic acids is 1. The molecule has 0 amide bonds. The third kappa shape index (κ3) is 4.24. The highest BCUT2D eigenvalue weighted by Gasteiger charge is 2.48. The Morgan fingerprint density at radius 2 is 1.48 bits per heavy atom. The Labute approximate surface area is 142 Å². The quantitative estimate of drug-likeness (QED) is 0.365. The molecule has 0 aliphatic carbocycles. The van der Waals surface area contributed by atoms with Gasteiger partial charge < -0.3 is 4.43 Å². The Balaban J connectivity index is 3.28. The second-order valence-electron chi connectivity index (χ2n) is 6.88. The molecule has 0 atom stereocenters. The molecule has 0 aliphatic heterocycles. The van der Waals surface area contributed by atoms with Crippen molar-refractivity contribution in [3.05, 3.63) is 47.7 Å². The molecule has 0 aromatic heterocycles. The molecular formula is C20H30O2Si. The number of benzene rings is 1. The SMILES string of the molecule is CC=C=C(C(=O)O[Si](C(C)C)(C(C)C)C(C)C)c1ccccc1. The molecule has 0 bridgehead atoms. The van der Waals surface area contributed by atoms with Crippen LogP contribution in [0.4, 0.5) is 0 Å². The van der Waals surface area contributed by atoms with Crippen molar-refractivity contribution in [3.8, 4) is 0 Å². The predicted molar refractivity (Wildman–Crippen MR) is 101 cm³/mol. The van der Waals surface area contributed by atoms with Crippen LogP contribution in [0.2, 0.25) is 16.6 Å². The summed E-state index contributed by atoms with van der Waals surface area (Å²) in [7, 11) is -2.24. The minimum atomic E-state index is -2.24. The van der Waals surface area contributed by atoms with E-state index < -0.39 is 8.32 Å². The monoisotopic (exact) mass is 330 g/mol. The van der Waals surface area contributed by atoms with Gasteiger partial charge in [0.2, 0.25) is 0 Å². The summed E-state index contributed by atoms with van der Waals surface area (Å²) in [6.45, 7) is 15.0. The van der Waals surface area contributed by atoms with Crippen molar-refractivity contribution < 1.29 is 9.22 Å². The van der Waals surface area contributed by atoms with Crippen molar-refractivity contribution in [1.29, 1.82) is 0 Å². The van der Waals surface area contributed by atoms with E-state index in [-0.39, 0.29) is 5.97 Å². The van der Waals surface area contributed by atoms with E-state index in [1.54, 1.807) is 6.08 Å². The van der Waals surface area contributed by atoms with Crippen LogP contribution in [0.5, 0.6) is 0 Å². The normalized spacial score (nSPS) is 11.6. The molecule has 0 saturated carbocycles. The van der Waals surface area contributed by atoms with Gasteiger partial charge in [0, 0.05) is 0 Å². The standard InChI is InChI=1S/C20H30O2Si/c1-8-12-19(18-13-10-9-11-14-18)20(21)22-23(15(2)3,16(4)5)17(6)7/h8-11,13-17H,1-7H3. The van der Waals surface area contributed by atoms with E-state index >= 15 is 0 Å². The summed E-state index contributed by atoms with van der Waals surface area (Å²) in [6.07, 6.45) is 1.77. The maximum absolute atomic E-state index is 13.0. The second-order valence-corrected chi connectivity index (χ2v) is 12.3. The van der Waals surface area contributed by atoms with Crippen molar-refractivity contribution in [3.63, 3.8) is 0 Å². The maximum Gasteiger partial charge on any atom is 0.333 e. The second kappa shape index (κ2) is 8.33. The van der Waals surface area contributed by atoms with Crippen molar-refractivity contribution in [2.75, 3.05) is 0 Å². The van der Waals surface area contributed by atoms with Crippen LogP contribution in [0.25, 0.3) is 5.57 Å². The zero-order valence-corrected chi connectivity index (χ0v) is 16.5. The minimum absolute atomic E-state index is 0.239. The van der Waals surface area contributed by atoms with E-state index in [2.05, 4.69) is 47.3 Å². The molecule has 126 valence electrons. The van der Waals surface area contributed by atoms with Gasteiger partial charge in [-0.05, 0) is 35.2 Å². The van der Waals surface area contributed by atoms with Crippen molar-refractivity contribution in [2.24, 2.45) is 0 Å². The van der Waals surface area contributed by atoms with Crippen LogP contribution in [0.3, 0.4) is 0 Å². The minimum Gasteiger partial charge on any atom is -0.514 e. The average molecular weight is 331 g/mol. The molecule has 3 heteroatoms. The Morgan fingerprint density at radius 3 is 1.87 bits per heavy atom. The Hall–Kier alpha value is -1.57. The van der Waals surface area contributed by atoms with Gasteiger partial charge in [-0.1, -0.05) is 71.9 Å². The Kier molecular flexibility index (Phi) is 7.05. The summed E-state index contributed by atoms with van der Waals surface area (Å²) in [4.78, 5) is 13.0. The van der Waals surface area contributed by atoms with Gasteiger partial charge in [0.25, 0.3) is 8.32 Å². The Bertz CT molecular complexity index is 557. The molecular weight excluding hydrogens is 300 g/mol. The lowest BCUT2D eigenvalue weighted by atomic mass is 10.1. The van der Waals surface area contributed by atoms with Crippen LogP contribution >= 0.6 is 0 Å². The number of hydrogen-bond acceptors (Lipinski definition) is 2. The van der Waals surface area contributed by atoms with E-state index in [4.69, 9.17) is 4.43 Å². The first-order valence-electron chi connectivity index (χ1n) is 8.47. The Morgan fingerprint density at radius 1 is 1.00 bits per heavy atom. The van der Waals surface area contributed by atoms with Crippen LogP contribution < -0.4 is 0 Å².